The summed E-state index contributed by atoms with van der Waals surface area (Å²) in [5.74, 6) is 0.207. The molecule has 1 N–H and O–H groups in total. The van der Waals surface area contributed by atoms with E-state index in [1.807, 2.05) is 0 Å². The van der Waals surface area contributed by atoms with Crippen LogP contribution >= 0.6 is 11.6 Å². The fourth-order valence-electron chi connectivity index (χ4n) is 1.17. The Morgan fingerprint density at radius 2 is 2.31 bits per heavy atom. The van der Waals surface area contributed by atoms with Gasteiger partial charge in [0.05, 0.1) is 11.6 Å². The first-order valence-corrected chi connectivity index (χ1v) is 4.92. The molecule has 0 unspecified atom stereocenters. The highest BCUT2D eigenvalue weighted by Gasteiger charge is 2.05. The Hall–Kier alpha value is -1.69. The van der Waals surface area contributed by atoms with Gasteiger partial charge in [-0.2, -0.15) is 5.10 Å². The molecular weight excluding hydrogens is 233 g/mol. The first-order valence-electron chi connectivity index (χ1n) is 4.54. The fourth-order valence-corrected chi connectivity index (χ4v) is 1.32. The molecule has 16 heavy (non-hydrogen) atoms. The molecule has 0 saturated carbocycles. The van der Waals surface area contributed by atoms with Gasteiger partial charge in [-0.15, -0.1) is 0 Å². The van der Waals surface area contributed by atoms with Crippen molar-refractivity contribution in [3.8, 4) is 0 Å². The van der Waals surface area contributed by atoms with Crippen LogP contribution in [-0.2, 0) is 13.6 Å². The number of halogens is 2. The van der Waals surface area contributed by atoms with Crippen LogP contribution in [0.15, 0.2) is 18.6 Å². The molecule has 0 saturated heterocycles. The van der Waals surface area contributed by atoms with Gasteiger partial charge >= 0.3 is 0 Å². The smallest absolute Gasteiger partial charge is 0.169 e. The van der Waals surface area contributed by atoms with E-state index in [1.54, 1.807) is 18.1 Å². The van der Waals surface area contributed by atoms with Gasteiger partial charge in [-0.3, -0.25) is 4.68 Å². The summed E-state index contributed by atoms with van der Waals surface area (Å²) >= 11 is 5.58. The minimum Gasteiger partial charge on any atom is -0.360 e. The molecule has 0 aliphatic rings. The Balaban J connectivity index is 2.04. The zero-order valence-corrected chi connectivity index (χ0v) is 9.24. The quantitative estimate of drug-likeness (QED) is 0.887. The summed E-state index contributed by atoms with van der Waals surface area (Å²) in [5, 5.41) is 7.09. The maximum absolute atomic E-state index is 13.3. The third-order valence-electron chi connectivity index (χ3n) is 1.87. The van der Waals surface area contributed by atoms with Crippen LogP contribution in [0.2, 0.25) is 5.02 Å². The van der Waals surface area contributed by atoms with E-state index in [4.69, 9.17) is 11.6 Å². The molecule has 0 bridgehead atoms. The van der Waals surface area contributed by atoms with E-state index in [-0.39, 0.29) is 10.8 Å². The molecule has 0 atom stereocenters. The van der Waals surface area contributed by atoms with Gasteiger partial charge < -0.3 is 5.32 Å². The van der Waals surface area contributed by atoms with Crippen molar-refractivity contribution in [2.24, 2.45) is 7.05 Å². The molecule has 2 heterocycles. The Bertz CT molecular complexity index is 498. The summed E-state index contributed by atoms with van der Waals surface area (Å²) in [6.07, 6.45) is 2.95. The molecule has 0 fully saturated rings. The molecule has 84 valence electrons. The minimum atomic E-state index is -0.497. The second-order valence-electron chi connectivity index (χ2n) is 3.17. The Morgan fingerprint density at radius 3 is 2.94 bits per heavy atom. The van der Waals surface area contributed by atoms with E-state index in [9.17, 15) is 4.39 Å². The second-order valence-corrected chi connectivity index (χ2v) is 3.61. The predicted octanol–water partition coefficient (Wildman–Crippen LogP) is 1.61. The van der Waals surface area contributed by atoms with E-state index in [0.29, 0.717) is 12.4 Å². The van der Waals surface area contributed by atoms with Crippen molar-refractivity contribution >= 4 is 17.4 Å². The maximum Gasteiger partial charge on any atom is 0.169 e. The van der Waals surface area contributed by atoms with Crippen LogP contribution in [0.1, 0.15) is 5.82 Å². The van der Waals surface area contributed by atoms with E-state index >= 15 is 0 Å². The highest BCUT2D eigenvalue weighted by Crippen LogP contribution is 2.15. The molecule has 5 nitrogen and oxygen atoms in total. The lowest BCUT2D eigenvalue weighted by molar-refractivity contribution is 0.624. The maximum atomic E-state index is 13.3. The number of pyridine rings is 1. The molecule has 2 rings (SSSR count). The summed E-state index contributed by atoms with van der Waals surface area (Å²) in [5.41, 5.74) is 0. The Labute approximate surface area is 96.3 Å². The lowest BCUT2D eigenvalue weighted by atomic mass is 10.4. The molecule has 2 aromatic rings. The van der Waals surface area contributed by atoms with Crippen molar-refractivity contribution in [2.75, 3.05) is 5.32 Å². The van der Waals surface area contributed by atoms with Gasteiger partial charge in [0.25, 0.3) is 0 Å². The number of anilines is 1. The molecular formula is C9H9ClFN5. The standard InChI is InChI=1S/C9H9ClFN5/c1-16-5-14-8(15-16)4-13-9-7(11)2-6(10)3-12-9/h2-3,5H,4H2,1H3,(H,12,13). The lowest BCUT2D eigenvalue weighted by Gasteiger charge is -2.03. The van der Waals surface area contributed by atoms with Crippen molar-refractivity contribution in [1.82, 2.24) is 19.7 Å². The average Bonchev–Trinajstić information content (AvgIpc) is 2.63. The van der Waals surface area contributed by atoms with Gasteiger partial charge in [-0.25, -0.2) is 14.4 Å². The summed E-state index contributed by atoms with van der Waals surface area (Å²) in [6, 6.07) is 1.20. The molecule has 2 aromatic heterocycles. The molecule has 0 aliphatic carbocycles. The highest BCUT2D eigenvalue weighted by atomic mass is 35.5. The number of aromatic nitrogens is 4. The molecule has 0 aromatic carbocycles. The van der Waals surface area contributed by atoms with Gasteiger partial charge in [0.15, 0.2) is 17.5 Å². The highest BCUT2D eigenvalue weighted by molar-refractivity contribution is 6.30. The van der Waals surface area contributed by atoms with Crippen LogP contribution in [0.4, 0.5) is 10.2 Å². The van der Waals surface area contributed by atoms with Crippen LogP contribution in [0.5, 0.6) is 0 Å². The first-order chi connectivity index (χ1) is 7.65. The molecule has 0 radical (unpaired) electrons. The Morgan fingerprint density at radius 1 is 1.50 bits per heavy atom. The minimum absolute atomic E-state index is 0.136. The number of nitrogens with one attached hydrogen (secondary N) is 1. The van der Waals surface area contributed by atoms with Crippen LogP contribution in [0.25, 0.3) is 0 Å². The van der Waals surface area contributed by atoms with Crippen LogP contribution < -0.4 is 5.32 Å². The van der Waals surface area contributed by atoms with E-state index in [1.165, 1.54) is 12.3 Å². The normalized spacial score (nSPS) is 10.4. The summed E-state index contributed by atoms with van der Waals surface area (Å²) in [7, 11) is 1.76. The number of hydrogen-bond acceptors (Lipinski definition) is 4. The molecule has 0 spiro atoms. The van der Waals surface area contributed by atoms with Gasteiger partial charge in [-0.05, 0) is 6.07 Å². The van der Waals surface area contributed by atoms with Gasteiger partial charge in [0.2, 0.25) is 0 Å². The average molecular weight is 242 g/mol. The van der Waals surface area contributed by atoms with E-state index < -0.39 is 5.82 Å². The van der Waals surface area contributed by atoms with Crippen LogP contribution in [0.3, 0.4) is 0 Å². The summed E-state index contributed by atoms with van der Waals surface area (Å²) in [4.78, 5) is 7.81. The van der Waals surface area contributed by atoms with Crippen molar-refractivity contribution in [1.29, 1.82) is 0 Å². The van der Waals surface area contributed by atoms with E-state index in [2.05, 4.69) is 20.4 Å². The van der Waals surface area contributed by atoms with Crippen LogP contribution in [-0.4, -0.2) is 19.7 Å². The molecule has 0 aliphatic heterocycles. The zero-order chi connectivity index (χ0) is 11.5. The van der Waals surface area contributed by atoms with Gasteiger partial charge in [0, 0.05) is 13.2 Å². The number of rotatable bonds is 3. The SMILES string of the molecule is Cn1cnc(CNc2ncc(Cl)cc2F)n1. The summed E-state index contributed by atoms with van der Waals surface area (Å²) < 4.78 is 14.9. The predicted molar refractivity (Wildman–Crippen MR) is 57.5 cm³/mol. The fraction of sp³-hybridized carbons (Fsp3) is 0.222. The second kappa shape index (κ2) is 4.44. The van der Waals surface area contributed by atoms with E-state index in [0.717, 1.165) is 0 Å². The van der Waals surface area contributed by atoms with Crippen molar-refractivity contribution < 1.29 is 4.39 Å². The first kappa shape index (κ1) is 10.8. The zero-order valence-electron chi connectivity index (χ0n) is 8.48. The third-order valence-corrected chi connectivity index (χ3v) is 2.08. The van der Waals surface area contributed by atoms with Crippen molar-refractivity contribution in [3.05, 3.63) is 35.3 Å². The van der Waals surface area contributed by atoms with Crippen molar-refractivity contribution in [3.63, 3.8) is 0 Å². The van der Waals surface area contributed by atoms with Crippen LogP contribution in [0, 0.1) is 5.82 Å². The van der Waals surface area contributed by atoms with Gasteiger partial charge in [-0.1, -0.05) is 11.6 Å². The third kappa shape index (κ3) is 2.46. The van der Waals surface area contributed by atoms with Crippen molar-refractivity contribution in [2.45, 2.75) is 6.54 Å². The number of nitrogens with zero attached hydrogens (tertiary/aromatic N) is 4. The molecule has 7 heteroatoms. The molecule has 0 amide bonds. The Kier molecular flexibility index (Phi) is 3.00. The lowest BCUT2D eigenvalue weighted by Crippen LogP contribution is -2.05. The monoisotopic (exact) mass is 241 g/mol. The number of hydrogen-bond donors (Lipinski definition) is 1. The van der Waals surface area contributed by atoms with Gasteiger partial charge in [0.1, 0.15) is 6.33 Å². The topological polar surface area (TPSA) is 55.6 Å². The largest absolute Gasteiger partial charge is 0.360 e. The summed E-state index contributed by atoms with van der Waals surface area (Å²) in [6.45, 7) is 0.312. The number of aryl methyl sites for hydroxylation is 1.